The lowest BCUT2D eigenvalue weighted by atomic mass is 10.0. The zero-order valence-corrected chi connectivity index (χ0v) is 8.13. The predicted octanol–water partition coefficient (Wildman–Crippen LogP) is 1.60. The Bertz CT molecular complexity index is 194. The maximum atomic E-state index is 9.91. The maximum Gasteiger partial charge on any atom is 0.0730 e. The molecular formula is C11H19NO. The van der Waals surface area contributed by atoms with Gasteiger partial charge in [-0.3, -0.25) is 0 Å². The van der Waals surface area contributed by atoms with Crippen LogP contribution in [0.5, 0.6) is 0 Å². The lowest BCUT2D eigenvalue weighted by molar-refractivity contribution is 0.135. The van der Waals surface area contributed by atoms with Crippen LogP contribution in [0, 0.1) is 0 Å². The molecular weight excluding hydrogens is 162 g/mol. The molecule has 0 amide bonds. The van der Waals surface area contributed by atoms with Gasteiger partial charge in [0.1, 0.15) is 0 Å². The van der Waals surface area contributed by atoms with Crippen molar-refractivity contribution in [2.45, 2.75) is 50.7 Å². The Morgan fingerprint density at radius 1 is 1.54 bits per heavy atom. The van der Waals surface area contributed by atoms with E-state index in [9.17, 15) is 5.11 Å². The number of hydrogen-bond donors (Lipinski definition) is 2. The summed E-state index contributed by atoms with van der Waals surface area (Å²) in [7, 11) is 0. The first-order valence-corrected chi connectivity index (χ1v) is 5.45. The van der Waals surface area contributed by atoms with Gasteiger partial charge in [0.25, 0.3) is 0 Å². The van der Waals surface area contributed by atoms with E-state index < -0.39 is 0 Å². The van der Waals surface area contributed by atoms with Gasteiger partial charge < -0.3 is 10.4 Å². The van der Waals surface area contributed by atoms with Gasteiger partial charge in [-0.25, -0.2) is 0 Å². The lowest BCUT2D eigenvalue weighted by Gasteiger charge is -2.18. The Kier molecular flexibility index (Phi) is 3.01. The summed E-state index contributed by atoms with van der Waals surface area (Å²) in [6.45, 7) is 1.08. The minimum Gasteiger partial charge on any atom is -0.391 e. The summed E-state index contributed by atoms with van der Waals surface area (Å²) in [5, 5.41) is 13.3. The van der Waals surface area contributed by atoms with Crippen molar-refractivity contribution in [1.82, 2.24) is 5.32 Å². The predicted molar refractivity (Wildman–Crippen MR) is 53.6 cm³/mol. The van der Waals surface area contributed by atoms with Crippen molar-refractivity contribution in [2.24, 2.45) is 0 Å². The zero-order valence-electron chi connectivity index (χ0n) is 8.13. The second kappa shape index (κ2) is 4.25. The lowest BCUT2D eigenvalue weighted by Crippen LogP contribution is -2.34. The maximum absolute atomic E-state index is 9.91. The Balaban J connectivity index is 1.79. The summed E-state index contributed by atoms with van der Waals surface area (Å²) >= 11 is 0. The largest absolute Gasteiger partial charge is 0.391 e. The minimum absolute atomic E-state index is 0.146. The second-order valence-corrected chi connectivity index (χ2v) is 4.23. The second-order valence-electron chi connectivity index (χ2n) is 4.23. The first kappa shape index (κ1) is 9.22. The van der Waals surface area contributed by atoms with E-state index in [1.165, 1.54) is 31.3 Å². The monoisotopic (exact) mass is 181 g/mol. The van der Waals surface area contributed by atoms with Crippen molar-refractivity contribution >= 4 is 0 Å². The molecule has 2 heteroatoms. The van der Waals surface area contributed by atoms with E-state index in [-0.39, 0.29) is 6.10 Å². The number of nitrogens with one attached hydrogen (secondary N) is 1. The highest BCUT2D eigenvalue weighted by atomic mass is 16.3. The van der Waals surface area contributed by atoms with Gasteiger partial charge in [0, 0.05) is 6.04 Å². The first-order valence-electron chi connectivity index (χ1n) is 5.45. The highest BCUT2D eigenvalue weighted by molar-refractivity contribution is 5.09. The van der Waals surface area contributed by atoms with E-state index in [1.54, 1.807) is 0 Å². The molecule has 0 spiro atoms. The summed E-state index contributed by atoms with van der Waals surface area (Å²) in [6, 6.07) is 0.362. The fourth-order valence-corrected chi connectivity index (χ4v) is 2.37. The van der Waals surface area contributed by atoms with Gasteiger partial charge in [0.05, 0.1) is 6.10 Å². The summed E-state index contributed by atoms with van der Waals surface area (Å²) in [5.41, 5.74) is 1.47. The van der Waals surface area contributed by atoms with Crippen LogP contribution in [0.4, 0.5) is 0 Å². The van der Waals surface area contributed by atoms with Gasteiger partial charge in [-0.15, -0.1) is 0 Å². The SMILES string of the molecule is OC(CC1=CCCC1)[C@H]1CCCN1. The molecule has 13 heavy (non-hydrogen) atoms. The molecule has 0 aromatic carbocycles. The Labute approximate surface area is 80.0 Å². The normalized spacial score (nSPS) is 30.5. The average Bonchev–Trinajstić information content (AvgIpc) is 2.74. The molecule has 0 aromatic heterocycles. The van der Waals surface area contributed by atoms with Gasteiger partial charge in [-0.05, 0) is 45.1 Å². The topological polar surface area (TPSA) is 32.3 Å². The van der Waals surface area contributed by atoms with Crippen LogP contribution in [-0.2, 0) is 0 Å². The molecule has 0 aromatic rings. The quantitative estimate of drug-likeness (QED) is 0.648. The molecule has 1 unspecified atom stereocenters. The number of hydrogen-bond acceptors (Lipinski definition) is 2. The third-order valence-electron chi connectivity index (χ3n) is 3.17. The number of aliphatic hydroxyl groups is 1. The third-order valence-corrected chi connectivity index (χ3v) is 3.17. The molecule has 74 valence electrons. The molecule has 1 fully saturated rings. The summed E-state index contributed by atoms with van der Waals surface area (Å²) in [6.07, 6.45) is 9.15. The van der Waals surface area contributed by atoms with E-state index >= 15 is 0 Å². The summed E-state index contributed by atoms with van der Waals surface area (Å²) in [5.74, 6) is 0. The number of aliphatic hydroxyl groups excluding tert-OH is 1. The van der Waals surface area contributed by atoms with E-state index in [4.69, 9.17) is 0 Å². The molecule has 2 aliphatic rings. The first-order chi connectivity index (χ1) is 6.36. The molecule has 2 nitrogen and oxygen atoms in total. The molecule has 2 rings (SSSR count). The van der Waals surface area contributed by atoms with Crippen molar-refractivity contribution in [3.05, 3.63) is 11.6 Å². The van der Waals surface area contributed by atoms with E-state index in [0.717, 1.165) is 19.4 Å². The molecule has 0 saturated carbocycles. The van der Waals surface area contributed by atoms with E-state index in [2.05, 4.69) is 11.4 Å². The van der Waals surface area contributed by atoms with Gasteiger partial charge in [-0.1, -0.05) is 11.6 Å². The smallest absolute Gasteiger partial charge is 0.0730 e. The van der Waals surface area contributed by atoms with Gasteiger partial charge in [0.15, 0.2) is 0 Å². The van der Waals surface area contributed by atoms with Crippen LogP contribution >= 0.6 is 0 Å². The van der Waals surface area contributed by atoms with Crippen LogP contribution in [0.1, 0.15) is 38.5 Å². The van der Waals surface area contributed by atoms with E-state index in [1.807, 2.05) is 0 Å². The fourth-order valence-electron chi connectivity index (χ4n) is 2.37. The fraction of sp³-hybridized carbons (Fsp3) is 0.818. The van der Waals surface area contributed by atoms with Crippen LogP contribution in [0.3, 0.4) is 0 Å². The third kappa shape index (κ3) is 2.32. The van der Waals surface area contributed by atoms with Gasteiger partial charge >= 0.3 is 0 Å². The van der Waals surface area contributed by atoms with Crippen molar-refractivity contribution < 1.29 is 5.11 Å². The molecule has 2 atom stereocenters. The van der Waals surface area contributed by atoms with Crippen molar-refractivity contribution in [2.75, 3.05) is 6.54 Å². The summed E-state index contributed by atoms with van der Waals surface area (Å²) < 4.78 is 0. The molecule has 0 bridgehead atoms. The van der Waals surface area contributed by atoms with Crippen molar-refractivity contribution in [1.29, 1.82) is 0 Å². The number of rotatable bonds is 3. The zero-order chi connectivity index (χ0) is 9.10. The van der Waals surface area contributed by atoms with Crippen LogP contribution in [0.2, 0.25) is 0 Å². The van der Waals surface area contributed by atoms with Crippen molar-refractivity contribution in [3.63, 3.8) is 0 Å². The van der Waals surface area contributed by atoms with Crippen LogP contribution < -0.4 is 5.32 Å². The van der Waals surface area contributed by atoms with Crippen LogP contribution in [0.25, 0.3) is 0 Å². The highest BCUT2D eigenvalue weighted by Crippen LogP contribution is 2.24. The van der Waals surface area contributed by atoms with Gasteiger partial charge in [0.2, 0.25) is 0 Å². The minimum atomic E-state index is -0.146. The Hall–Kier alpha value is -0.340. The number of allylic oxidation sites excluding steroid dienone is 1. The molecule has 0 radical (unpaired) electrons. The van der Waals surface area contributed by atoms with E-state index in [0.29, 0.717) is 6.04 Å². The molecule has 1 aliphatic heterocycles. The molecule has 1 heterocycles. The molecule has 1 saturated heterocycles. The average molecular weight is 181 g/mol. The van der Waals surface area contributed by atoms with Crippen LogP contribution in [0.15, 0.2) is 11.6 Å². The molecule has 1 aliphatic carbocycles. The highest BCUT2D eigenvalue weighted by Gasteiger charge is 2.23. The van der Waals surface area contributed by atoms with Crippen LogP contribution in [-0.4, -0.2) is 23.8 Å². The van der Waals surface area contributed by atoms with Gasteiger partial charge in [-0.2, -0.15) is 0 Å². The Morgan fingerprint density at radius 2 is 2.46 bits per heavy atom. The standard InChI is InChI=1S/C11H19NO/c13-11(10-6-3-7-12-10)8-9-4-1-2-5-9/h4,10-13H,1-3,5-8H2/t10-,11?/m1/s1. The van der Waals surface area contributed by atoms with Crippen molar-refractivity contribution in [3.8, 4) is 0 Å². The Morgan fingerprint density at radius 3 is 3.08 bits per heavy atom. The summed E-state index contributed by atoms with van der Waals surface area (Å²) in [4.78, 5) is 0. The molecule has 2 N–H and O–H groups in total.